The minimum Gasteiger partial charge on any atom is -0.352 e. The Morgan fingerprint density at radius 1 is 1.14 bits per heavy atom. The fourth-order valence-electron chi connectivity index (χ4n) is 2.90. The molecule has 5 nitrogen and oxygen atoms in total. The van der Waals surface area contributed by atoms with Gasteiger partial charge in [-0.2, -0.15) is 0 Å². The molecule has 0 aliphatic heterocycles. The minimum absolute atomic E-state index is 0.0566. The van der Waals surface area contributed by atoms with Crippen LogP contribution < -0.4 is 10.5 Å². The fourth-order valence-corrected chi connectivity index (χ4v) is 3.41. The monoisotopic (exact) mass is 324 g/mol. The Hall–Kier alpha value is -1.40. The van der Waals surface area contributed by atoms with Gasteiger partial charge in [0.05, 0.1) is 4.90 Å². The minimum atomic E-state index is -3.66. The van der Waals surface area contributed by atoms with E-state index in [0.29, 0.717) is 18.9 Å². The van der Waals surface area contributed by atoms with Crippen LogP contribution in [0.25, 0.3) is 0 Å². The van der Waals surface area contributed by atoms with Gasteiger partial charge in [-0.3, -0.25) is 4.79 Å². The molecule has 0 atom stereocenters. The van der Waals surface area contributed by atoms with Crippen LogP contribution in [-0.4, -0.2) is 14.3 Å². The molecule has 22 heavy (non-hydrogen) atoms. The largest absolute Gasteiger partial charge is 0.352 e. The molecular weight excluding hydrogens is 300 g/mol. The van der Waals surface area contributed by atoms with Crippen molar-refractivity contribution < 1.29 is 13.2 Å². The molecule has 0 spiro atoms. The van der Waals surface area contributed by atoms with Crippen molar-refractivity contribution in [2.24, 2.45) is 11.1 Å². The summed E-state index contributed by atoms with van der Waals surface area (Å²) in [4.78, 5) is 11.9. The van der Waals surface area contributed by atoms with Crippen molar-refractivity contribution in [1.82, 2.24) is 5.32 Å². The van der Waals surface area contributed by atoms with Crippen molar-refractivity contribution in [2.45, 2.75) is 56.4 Å². The van der Waals surface area contributed by atoms with E-state index in [-0.39, 0.29) is 10.8 Å². The summed E-state index contributed by atoms with van der Waals surface area (Å²) >= 11 is 0. The number of hydrogen-bond donors (Lipinski definition) is 2. The Labute approximate surface area is 132 Å². The molecule has 1 fully saturated rings. The van der Waals surface area contributed by atoms with Crippen LogP contribution >= 0.6 is 0 Å². The van der Waals surface area contributed by atoms with Gasteiger partial charge in [0.1, 0.15) is 0 Å². The van der Waals surface area contributed by atoms with Gasteiger partial charge in [-0.25, -0.2) is 13.6 Å². The standard InChI is InChI=1S/C16H24N2O3S/c17-22(20,21)15-9-6-14(7-10-15)12-18-16(19)11-8-13-4-2-1-3-5-13/h6-7,9-10,13H,1-5,8,11-12H2,(H,18,19)(H2,17,20,21). The maximum atomic E-state index is 11.9. The number of nitrogens with one attached hydrogen (secondary N) is 1. The quantitative estimate of drug-likeness (QED) is 0.841. The van der Waals surface area contributed by atoms with Crippen molar-refractivity contribution in [2.75, 3.05) is 0 Å². The molecule has 1 aromatic rings. The van der Waals surface area contributed by atoms with Gasteiger partial charge in [-0.05, 0) is 30.0 Å². The average molecular weight is 324 g/mol. The van der Waals surface area contributed by atoms with E-state index in [0.717, 1.165) is 12.0 Å². The summed E-state index contributed by atoms with van der Waals surface area (Å²) in [5.41, 5.74) is 0.860. The summed E-state index contributed by atoms with van der Waals surface area (Å²) in [6, 6.07) is 6.25. The molecule has 1 aromatic carbocycles. The fraction of sp³-hybridized carbons (Fsp3) is 0.562. The average Bonchev–Trinajstić information content (AvgIpc) is 2.51. The molecule has 2 rings (SSSR count). The third-order valence-electron chi connectivity index (χ3n) is 4.25. The number of nitrogens with two attached hydrogens (primary N) is 1. The number of sulfonamides is 1. The van der Waals surface area contributed by atoms with E-state index < -0.39 is 10.0 Å². The number of hydrogen-bond acceptors (Lipinski definition) is 3. The second kappa shape index (κ2) is 7.74. The zero-order chi connectivity index (χ0) is 16.0. The van der Waals surface area contributed by atoms with E-state index in [2.05, 4.69) is 5.32 Å². The Morgan fingerprint density at radius 2 is 1.77 bits per heavy atom. The van der Waals surface area contributed by atoms with Crippen LogP contribution in [0.4, 0.5) is 0 Å². The van der Waals surface area contributed by atoms with Gasteiger partial charge in [0.15, 0.2) is 0 Å². The summed E-state index contributed by atoms with van der Waals surface area (Å²) in [5.74, 6) is 0.759. The van der Waals surface area contributed by atoms with Gasteiger partial charge < -0.3 is 5.32 Å². The number of carbonyl (C=O) groups excluding carboxylic acids is 1. The molecule has 0 heterocycles. The van der Waals surface area contributed by atoms with Crippen LogP contribution in [0.5, 0.6) is 0 Å². The molecule has 1 saturated carbocycles. The molecule has 1 amide bonds. The highest BCUT2D eigenvalue weighted by atomic mass is 32.2. The topological polar surface area (TPSA) is 89.3 Å². The number of rotatable bonds is 6. The Morgan fingerprint density at radius 3 is 2.36 bits per heavy atom. The van der Waals surface area contributed by atoms with Crippen molar-refractivity contribution in [3.63, 3.8) is 0 Å². The van der Waals surface area contributed by atoms with Gasteiger partial charge >= 0.3 is 0 Å². The van der Waals surface area contributed by atoms with Crippen LogP contribution in [0.1, 0.15) is 50.5 Å². The van der Waals surface area contributed by atoms with Crippen LogP contribution in [-0.2, 0) is 21.4 Å². The van der Waals surface area contributed by atoms with Gasteiger partial charge in [0.25, 0.3) is 0 Å². The molecule has 1 aliphatic carbocycles. The van der Waals surface area contributed by atoms with E-state index in [1.54, 1.807) is 12.1 Å². The van der Waals surface area contributed by atoms with Gasteiger partial charge in [-0.15, -0.1) is 0 Å². The van der Waals surface area contributed by atoms with Crippen molar-refractivity contribution in [3.05, 3.63) is 29.8 Å². The van der Waals surface area contributed by atoms with Crippen molar-refractivity contribution in [3.8, 4) is 0 Å². The SMILES string of the molecule is NS(=O)(=O)c1ccc(CNC(=O)CCC2CCCCC2)cc1. The van der Waals surface area contributed by atoms with Crippen molar-refractivity contribution in [1.29, 1.82) is 0 Å². The summed E-state index contributed by atoms with van der Waals surface area (Å²) in [5, 5.41) is 7.92. The highest BCUT2D eigenvalue weighted by Crippen LogP contribution is 2.27. The predicted octanol–water partition coefficient (Wildman–Crippen LogP) is 2.31. The summed E-state index contributed by atoms with van der Waals surface area (Å²) < 4.78 is 22.3. The first-order valence-corrected chi connectivity index (χ1v) is 9.38. The maximum absolute atomic E-state index is 11.9. The Kier molecular flexibility index (Phi) is 5.97. The second-order valence-electron chi connectivity index (χ2n) is 6.01. The maximum Gasteiger partial charge on any atom is 0.238 e. The Bertz CT molecular complexity index is 590. The molecule has 6 heteroatoms. The molecule has 1 aliphatic rings. The normalized spacial score (nSPS) is 16.4. The zero-order valence-electron chi connectivity index (χ0n) is 12.8. The number of primary sulfonamides is 1. The number of amides is 1. The lowest BCUT2D eigenvalue weighted by Crippen LogP contribution is -2.23. The lowest BCUT2D eigenvalue weighted by atomic mass is 9.86. The number of carbonyl (C=O) groups is 1. The molecule has 0 bridgehead atoms. The first-order chi connectivity index (χ1) is 10.4. The lowest BCUT2D eigenvalue weighted by Gasteiger charge is -2.20. The highest BCUT2D eigenvalue weighted by molar-refractivity contribution is 7.89. The number of benzene rings is 1. The van der Waals surface area contributed by atoms with E-state index >= 15 is 0 Å². The molecule has 0 saturated heterocycles. The van der Waals surface area contributed by atoms with Crippen LogP contribution in [0.3, 0.4) is 0 Å². The van der Waals surface area contributed by atoms with Crippen LogP contribution in [0, 0.1) is 5.92 Å². The molecule has 0 aromatic heterocycles. The Balaban J connectivity index is 1.73. The molecule has 0 radical (unpaired) electrons. The molecule has 0 unspecified atom stereocenters. The predicted molar refractivity (Wildman–Crippen MR) is 85.5 cm³/mol. The smallest absolute Gasteiger partial charge is 0.238 e. The van der Waals surface area contributed by atoms with E-state index in [1.807, 2.05) is 0 Å². The first kappa shape index (κ1) is 17.0. The molecule has 122 valence electrons. The van der Waals surface area contributed by atoms with Crippen molar-refractivity contribution >= 4 is 15.9 Å². The second-order valence-corrected chi connectivity index (χ2v) is 7.57. The van der Waals surface area contributed by atoms with Crippen LogP contribution in [0.2, 0.25) is 0 Å². The van der Waals surface area contributed by atoms with E-state index in [1.165, 1.54) is 44.2 Å². The summed E-state index contributed by atoms with van der Waals surface area (Å²) in [6.45, 7) is 0.411. The van der Waals surface area contributed by atoms with E-state index in [9.17, 15) is 13.2 Å². The van der Waals surface area contributed by atoms with Gasteiger partial charge in [-0.1, -0.05) is 44.2 Å². The lowest BCUT2D eigenvalue weighted by molar-refractivity contribution is -0.121. The van der Waals surface area contributed by atoms with Gasteiger partial charge in [0, 0.05) is 13.0 Å². The molecule has 3 N–H and O–H groups in total. The zero-order valence-corrected chi connectivity index (χ0v) is 13.6. The summed E-state index contributed by atoms with van der Waals surface area (Å²) in [7, 11) is -3.66. The third-order valence-corrected chi connectivity index (χ3v) is 5.18. The summed E-state index contributed by atoms with van der Waals surface area (Å²) in [6.07, 6.45) is 7.96. The van der Waals surface area contributed by atoms with Crippen LogP contribution in [0.15, 0.2) is 29.2 Å². The first-order valence-electron chi connectivity index (χ1n) is 7.83. The molecular formula is C16H24N2O3S. The van der Waals surface area contributed by atoms with E-state index in [4.69, 9.17) is 5.14 Å². The third kappa shape index (κ3) is 5.42. The highest BCUT2D eigenvalue weighted by Gasteiger charge is 2.14. The van der Waals surface area contributed by atoms with Gasteiger partial charge in [0.2, 0.25) is 15.9 Å².